The molecule has 0 saturated carbocycles. The summed E-state index contributed by atoms with van der Waals surface area (Å²) in [6.07, 6.45) is 81.6. The van der Waals surface area contributed by atoms with E-state index in [2.05, 4.69) is 19.1 Å². The molecule has 0 aromatic carbocycles. The van der Waals surface area contributed by atoms with E-state index in [0.29, 0.717) is 6.42 Å². The highest BCUT2D eigenvalue weighted by Gasteiger charge is 2.36. The molecule has 0 aromatic rings. The van der Waals surface area contributed by atoms with Gasteiger partial charge in [-0.05, 0) is 32.1 Å². The summed E-state index contributed by atoms with van der Waals surface area (Å²) in [5.74, 6) is -1.40. The second-order valence-corrected chi connectivity index (χ2v) is 23.9. The molecule has 73 heavy (non-hydrogen) atoms. The van der Waals surface area contributed by atoms with E-state index in [0.717, 1.165) is 19.3 Å². The van der Waals surface area contributed by atoms with Crippen molar-refractivity contribution in [1.82, 2.24) is 0 Å². The van der Waals surface area contributed by atoms with Crippen LogP contribution in [-0.4, -0.2) is 48.6 Å². The van der Waals surface area contributed by atoms with Crippen molar-refractivity contribution in [3.8, 4) is 0 Å². The molecule has 0 bridgehead atoms. The van der Waals surface area contributed by atoms with E-state index in [1.807, 2.05) is 0 Å². The first-order valence-corrected chi connectivity index (χ1v) is 33.3. The van der Waals surface area contributed by atoms with Crippen LogP contribution in [0.15, 0.2) is 12.2 Å². The summed E-state index contributed by atoms with van der Waals surface area (Å²) in [6.45, 7) is 1.20. The van der Waals surface area contributed by atoms with Crippen molar-refractivity contribution >= 4 is 11.9 Å². The Bertz CT molecular complexity index is 1150. The number of esters is 2. The van der Waals surface area contributed by atoms with Crippen LogP contribution in [0.1, 0.15) is 366 Å². The van der Waals surface area contributed by atoms with Crippen LogP contribution < -0.4 is 0 Å². The number of hydrogen-bond donors (Lipinski definition) is 2. The third-order valence-electron chi connectivity index (χ3n) is 16.5. The van der Waals surface area contributed by atoms with Crippen LogP contribution in [0.2, 0.25) is 0 Å². The first-order chi connectivity index (χ1) is 36.1. The van der Waals surface area contributed by atoms with E-state index in [-0.39, 0.29) is 19.6 Å². The molecule has 0 aliphatic carbocycles. The summed E-state index contributed by atoms with van der Waals surface area (Å²) in [4.78, 5) is 24.7. The first-order valence-electron chi connectivity index (χ1n) is 33.3. The molecule has 0 amide bonds. The first kappa shape index (κ1) is 69.6. The number of carbonyl (C=O) groups is 2. The van der Waals surface area contributed by atoms with Gasteiger partial charge >= 0.3 is 11.9 Å². The fourth-order valence-corrected chi connectivity index (χ4v) is 11.1. The SMILES string of the molecule is CCCCCCC/C=C/CCCCCCCCCCCCCCCCCCCCCCCCCCCCCCCCCCCCCCCCCCCCCCCCCC1CC(=O)OCC(CO)(CO)COC1=O. The molecule has 1 heterocycles. The molecule has 1 aliphatic rings. The van der Waals surface area contributed by atoms with Gasteiger partial charge in [0.25, 0.3) is 0 Å². The van der Waals surface area contributed by atoms with Crippen molar-refractivity contribution in [3.63, 3.8) is 0 Å². The Morgan fingerprint density at radius 2 is 0.589 bits per heavy atom. The van der Waals surface area contributed by atoms with E-state index >= 15 is 0 Å². The van der Waals surface area contributed by atoms with Crippen LogP contribution in [0.3, 0.4) is 0 Å². The van der Waals surface area contributed by atoms with E-state index in [1.54, 1.807) is 0 Å². The summed E-state index contributed by atoms with van der Waals surface area (Å²) in [5.41, 5.74) is -1.12. The Morgan fingerprint density at radius 3 is 0.849 bits per heavy atom. The Kier molecular flexibility index (Phi) is 54.2. The molecule has 6 heteroatoms. The Labute approximate surface area is 455 Å². The van der Waals surface area contributed by atoms with Gasteiger partial charge in [-0.15, -0.1) is 0 Å². The molecule has 0 radical (unpaired) electrons. The molecular weight excluding hydrogens is 901 g/mol. The average Bonchev–Trinajstić information content (AvgIpc) is 3.46. The van der Waals surface area contributed by atoms with E-state index < -0.39 is 36.5 Å². The fourth-order valence-electron chi connectivity index (χ4n) is 11.1. The van der Waals surface area contributed by atoms with Gasteiger partial charge in [0.2, 0.25) is 0 Å². The van der Waals surface area contributed by atoms with Crippen molar-refractivity contribution in [3.05, 3.63) is 12.2 Å². The van der Waals surface area contributed by atoms with Crippen LogP contribution in [0.25, 0.3) is 0 Å². The molecule has 1 fully saturated rings. The molecule has 432 valence electrons. The Hall–Kier alpha value is -1.40. The maximum Gasteiger partial charge on any atom is 0.309 e. The minimum absolute atomic E-state index is 0.00522. The normalized spacial score (nSPS) is 15.2. The molecule has 1 unspecified atom stereocenters. The predicted octanol–water partition coefficient (Wildman–Crippen LogP) is 21.1. The van der Waals surface area contributed by atoms with Gasteiger partial charge in [0.05, 0.1) is 31.0 Å². The van der Waals surface area contributed by atoms with Crippen molar-refractivity contribution in [1.29, 1.82) is 0 Å². The number of unbranched alkanes of at least 4 members (excludes halogenated alkanes) is 52. The van der Waals surface area contributed by atoms with E-state index in [1.165, 1.54) is 327 Å². The third-order valence-corrected chi connectivity index (χ3v) is 16.5. The maximum absolute atomic E-state index is 12.6. The number of hydrogen-bond acceptors (Lipinski definition) is 6. The van der Waals surface area contributed by atoms with Crippen molar-refractivity contribution in [2.24, 2.45) is 11.3 Å². The molecule has 1 rings (SSSR count). The molecule has 2 N–H and O–H groups in total. The predicted molar refractivity (Wildman–Crippen MR) is 315 cm³/mol. The smallest absolute Gasteiger partial charge is 0.309 e. The lowest BCUT2D eigenvalue weighted by molar-refractivity contribution is -0.155. The highest BCUT2D eigenvalue weighted by molar-refractivity contribution is 5.80. The van der Waals surface area contributed by atoms with Crippen molar-refractivity contribution in [2.75, 3.05) is 26.4 Å². The highest BCUT2D eigenvalue weighted by atomic mass is 16.6. The zero-order valence-electron chi connectivity index (χ0n) is 49.2. The standard InChI is InChI=1S/C67H128O6/c1-2-3-4-5-6-7-8-9-10-11-12-13-14-15-16-17-18-19-20-21-22-23-24-25-26-27-28-29-30-31-32-33-34-35-36-37-38-39-40-41-42-43-44-45-46-47-48-49-50-51-52-53-54-55-56-57-58-64-59-65(70)72-62-67(60-68,61-69)63-73-66(64)71/h8-9,64,68-69H,2-7,10-63H2,1H3/b9-8+. The van der Waals surface area contributed by atoms with Crippen LogP contribution in [0.5, 0.6) is 0 Å². The van der Waals surface area contributed by atoms with Gasteiger partial charge in [-0.3, -0.25) is 9.59 Å². The molecule has 6 nitrogen and oxygen atoms in total. The molecule has 1 saturated heterocycles. The third kappa shape index (κ3) is 48.7. The largest absolute Gasteiger partial charge is 0.465 e. The van der Waals surface area contributed by atoms with Crippen LogP contribution >= 0.6 is 0 Å². The van der Waals surface area contributed by atoms with Crippen LogP contribution in [0, 0.1) is 11.3 Å². The van der Waals surface area contributed by atoms with Gasteiger partial charge in [-0.25, -0.2) is 0 Å². The minimum Gasteiger partial charge on any atom is -0.465 e. The van der Waals surface area contributed by atoms with Gasteiger partial charge in [0.15, 0.2) is 0 Å². The zero-order valence-corrected chi connectivity index (χ0v) is 49.2. The quantitative estimate of drug-likeness (QED) is 0.0358. The number of cyclic esters (lactones) is 2. The molecule has 1 aliphatic heterocycles. The van der Waals surface area contributed by atoms with Crippen molar-refractivity contribution in [2.45, 2.75) is 366 Å². The van der Waals surface area contributed by atoms with E-state index in [9.17, 15) is 19.8 Å². The average molecular weight is 1030 g/mol. The topological polar surface area (TPSA) is 93.1 Å². The van der Waals surface area contributed by atoms with Gasteiger partial charge in [0, 0.05) is 0 Å². The highest BCUT2D eigenvalue weighted by Crippen LogP contribution is 2.25. The number of allylic oxidation sites excluding steroid dienone is 2. The molecule has 1 atom stereocenters. The van der Waals surface area contributed by atoms with Crippen LogP contribution in [-0.2, 0) is 19.1 Å². The summed E-state index contributed by atoms with van der Waals surface area (Å²) in [7, 11) is 0. The summed E-state index contributed by atoms with van der Waals surface area (Å²) >= 11 is 0. The number of carbonyl (C=O) groups excluding carboxylic acids is 2. The second-order valence-electron chi connectivity index (χ2n) is 23.9. The summed E-state index contributed by atoms with van der Waals surface area (Å²) in [6, 6.07) is 0. The molecular formula is C67H128O6. The Balaban J connectivity index is 1.66. The fraction of sp³-hybridized carbons (Fsp3) is 0.940. The number of aliphatic hydroxyl groups excluding tert-OH is 2. The lowest BCUT2D eigenvalue weighted by Crippen LogP contribution is -2.40. The van der Waals surface area contributed by atoms with Gasteiger partial charge in [-0.1, -0.05) is 340 Å². The maximum atomic E-state index is 12.6. The second kappa shape index (κ2) is 56.8. The van der Waals surface area contributed by atoms with Gasteiger partial charge in [0.1, 0.15) is 13.2 Å². The lowest BCUT2D eigenvalue weighted by Gasteiger charge is -2.27. The molecule has 0 aromatic heterocycles. The zero-order chi connectivity index (χ0) is 52.5. The van der Waals surface area contributed by atoms with Gasteiger partial charge < -0.3 is 19.7 Å². The number of rotatable bonds is 58. The van der Waals surface area contributed by atoms with Gasteiger partial charge in [-0.2, -0.15) is 0 Å². The molecule has 0 spiro atoms. The number of aliphatic hydroxyl groups is 2. The summed E-state index contributed by atoms with van der Waals surface area (Å²) < 4.78 is 10.6. The number of ether oxygens (including phenoxy) is 2. The van der Waals surface area contributed by atoms with E-state index in [4.69, 9.17) is 9.47 Å². The van der Waals surface area contributed by atoms with Crippen molar-refractivity contribution < 1.29 is 29.3 Å². The minimum atomic E-state index is -1.12. The van der Waals surface area contributed by atoms with Crippen LogP contribution in [0.4, 0.5) is 0 Å². The lowest BCUT2D eigenvalue weighted by atomic mass is 9.92. The Morgan fingerprint density at radius 1 is 0.356 bits per heavy atom. The monoisotopic (exact) mass is 1030 g/mol. The summed E-state index contributed by atoms with van der Waals surface area (Å²) in [5, 5.41) is 19.2.